The number of aliphatic hydroxyl groups is 1. The Bertz CT molecular complexity index is 1860. The van der Waals surface area contributed by atoms with Gasteiger partial charge in [-0.3, -0.25) is 9.09 Å². The van der Waals surface area contributed by atoms with Gasteiger partial charge in [-0.25, -0.2) is 14.2 Å². The monoisotopic (exact) mass is 683 g/mol. The van der Waals surface area contributed by atoms with Crippen molar-refractivity contribution in [3.05, 3.63) is 42.7 Å². The summed E-state index contributed by atoms with van der Waals surface area (Å²) >= 11 is 0. The quantitative estimate of drug-likeness (QED) is 0.181. The average Bonchev–Trinajstić information content (AvgIpc) is 3.51. The molecule has 2 saturated heterocycles. The fourth-order valence-corrected chi connectivity index (χ4v) is 6.26. The summed E-state index contributed by atoms with van der Waals surface area (Å²) in [4.78, 5) is 40.6. The molecule has 0 spiro atoms. The number of benzene rings is 2. The lowest BCUT2D eigenvalue weighted by atomic mass is 9.98. The van der Waals surface area contributed by atoms with E-state index < -0.39 is 44.3 Å². The predicted molar refractivity (Wildman–Crippen MR) is 175 cm³/mol. The van der Waals surface area contributed by atoms with E-state index in [0.717, 1.165) is 24.9 Å². The third-order valence-electron chi connectivity index (χ3n) is 8.19. The average molecular weight is 684 g/mol. The molecule has 6 atom stereocenters. The van der Waals surface area contributed by atoms with E-state index in [2.05, 4.69) is 19.7 Å². The van der Waals surface area contributed by atoms with Crippen LogP contribution in [0.2, 0.25) is 0 Å². The maximum Gasteiger partial charge on any atom is 0.395 e. The van der Waals surface area contributed by atoms with Gasteiger partial charge in [0.2, 0.25) is 11.7 Å². The number of nitrogens with two attached hydrogens (primary N) is 1. The van der Waals surface area contributed by atoms with Gasteiger partial charge in [-0.05, 0) is 37.1 Å². The molecule has 4 heterocycles. The molecule has 3 N–H and O–H groups in total. The number of hydrogen-bond donors (Lipinski definition) is 2. The van der Waals surface area contributed by atoms with Crippen molar-refractivity contribution in [1.29, 1.82) is 0 Å². The van der Waals surface area contributed by atoms with Gasteiger partial charge >= 0.3 is 14.1 Å². The maximum absolute atomic E-state index is 15.9. The van der Waals surface area contributed by atoms with E-state index in [4.69, 9.17) is 24.5 Å². The lowest BCUT2D eigenvalue weighted by molar-refractivity contribution is -0.169. The predicted octanol–water partition coefficient (Wildman–Crippen LogP) is 4.05. The fourth-order valence-electron chi connectivity index (χ4n) is 5.50. The highest BCUT2D eigenvalue weighted by atomic mass is 31.1. The summed E-state index contributed by atoms with van der Waals surface area (Å²) in [6, 6.07) is 9.51. The number of imidazole rings is 1. The van der Waals surface area contributed by atoms with Gasteiger partial charge in [0.05, 0.1) is 12.9 Å². The number of aromatic nitrogens is 4. The zero-order chi connectivity index (χ0) is 34.4. The van der Waals surface area contributed by atoms with Crippen molar-refractivity contribution in [2.24, 2.45) is 10.2 Å². The molecule has 2 aliphatic rings. The number of halogens is 1. The molecule has 256 valence electrons. The lowest BCUT2D eigenvalue weighted by Crippen LogP contribution is -2.42. The molecule has 0 saturated carbocycles. The molecule has 14 nitrogen and oxygen atoms in total. The smallest absolute Gasteiger partial charge is 0.395 e. The van der Waals surface area contributed by atoms with Crippen molar-refractivity contribution in [3.8, 4) is 11.5 Å². The molecule has 2 fully saturated rings. The molecular formula is C32H39FN7O7P. The van der Waals surface area contributed by atoms with Crippen molar-refractivity contribution in [3.63, 3.8) is 0 Å². The third kappa shape index (κ3) is 6.73. The minimum absolute atomic E-state index is 0.0190. The minimum Gasteiger partial charge on any atom is -0.575 e. The Morgan fingerprint density at radius 3 is 2.73 bits per heavy atom. The Labute approximate surface area is 277 Å². The molecule has 0 bridgehead atoms. The highest BCUT2D eigenvalue weighted by molar-refractivity contribution is 7.34. The molecule has 16 heteroatoms. The van der Waals surface area contributed by atoms with Crippen molar-refractivity contribution in [2.75, 3.05) is 36.9 Å². The zero-order valence-corrected chi connectivity index (χ0v) is 28.3. The topological polar surface area (TPSA) is 182 Å². The summed E-state index contributed by atoms with van der Waals surface area (Å²) < 4.78 is 44.5. The van der Waals surface area contributed by atoms with Gasteiger partial charge in [-0.1, -0.05) is 55.8 Å². The van der Waals surface area contributed by atoms with Gasteiger partial charge in [0.1, 0.15) is 18.3 Å². The largest absolute Gasteiger partial charge is 0.575 e. The van der Waals surface area contributed by atoms with E-state index in [9.17, 15) is 14.8 Å². The second-order valence-electron chi connectivity index (χ2n) is 13.4. The first-order valence-electron chi connectivity index (χ1n) is 15.7. The normalized spacial score (nSPS) is 23.7. The fraction of sp³-hybridized carbons (Fsp3) is 0.500. The van der Waals surface area contributed by atoms with Crippen LogP contribution in [0.15, 0.2) is 47.5 Å². The lowest BCUT2D eigenvalue weighted by Gasteiger charge is -2.32. The number of rotatable bonds is 10. The summed E-state index contributed by atoms with van der Waals surface area (Å²) in [5.74, 6) is 0.197. The summed E-state index contributed by atoms with van der Waals surface area (Å²) in [6.07, 6.45) is -1.90. The SMILES string of the molecule is C[C@H](N=[P+]([O-])Oc1c(OC[C@H]2O[C@@H](n3cnc4c(N5CCC5)nc(N)nc43)[C@](C)(O)[C@@H]2F)ccc2ccccc12)C(=O)OCC(C)(C)C. The Balaban J connectivity index is 1.22. The van der Waals surface area contributed by atoms with Gasteiger partial charge in [-0.15, -0.1) is 0 Å². The second-order valence-corrected chi connectivity index (χ2v) is 14.3. The zero-order valence-electron chi connectivity index (χ0n) is 27.4. The third-order valence-corrected chi connectivity index (χ3v) is 9.06. The van der Waals surface area contributed by atoms with Crippen LogP contribution in [-0.2, 0) is 14.3 Å². The molecular weight excluding hydrogens is 644 g/mol. The molecule has 0 aliphatic carbocycles. The van der Waals surface area contributed by atoms with Gasteiger partial charge in [-0.2, -0.15) is 9.97 Å². The van der Waals surface area contributed by atoms with E-state index in [-0.39, 0.29) is 36.1 Å². The Morgan fingerprint density at radius 2 is 2.02 bits per heavy atom. The van der Waals surface area contributed by atoms with Crippen LogP contribution in [0.1, 0.15) is 47.3 Å². The van der Waals surface area contributed by atoms with Crippen LogP contribution in [0.3, 0.4) is 0 Å². The molecule has 4 aromatic rings. The number of anilines is 2. The molecule has 48 heavy (non-hydrogen) atoms. The second kappa shape index (κ2) is 13.0. The number of carbonyl (C=O) groups excluding carboxylic acids is 1. The molecule has 2 aromatic carbocycles. The first-order valence-corrected chi connectivity index (χ1v) is 16.8. The molecule has 0 radical (unpaired) electrons. The number of fused-ring (bicyclic) bond motifs is 2. The van der Waals surface area contributed by atoms with E-state index in [1.807, 2.05) is 37.8 Å². The number of carbonyl (C=O) groups is 1. The van der Waals surface area contributed by atoms with Crippen molar-refractivity contribution >= 4 is 47.8 Å². The molecule has 1 unspecified atom stereocenters. The van der Waals surface area contributed by atoms with Gasteiger partial charge in [0, 0.05) is 18.5 Å². The number of nitrogen functional groups attached to an aromatic ring is 1. The van der Waals surface area contributed by atoms with Gasteiger partial charge in [0.25, 0.3) is 0 Å². The summed E-state index contributed by atoms with van der Waals surface area (Å²) in [7, 11) is -2.75. The number of alkyl halides is 1. The van der Waals surface area contributed by atoms with Crippen molar-refractivity contribution in [1.82, 2.24) is 19.5 Å². The van der Waals surface area contributed by atoms with Gasteiger partial charge in [0.15, 0.2) is 41.2 Å². The highest BCUT2D eigenvalue weighted by Crippen LogP contribution is 2.44. The Kier molecular flexibility index (Phi) is 9.16. The van der Waals surface area contributed by atoms with Crippen LogP contribution < -0.4 is 24.8 Å². The first-order chi connectivity index (χ1) is 22.7. The van der Waals surface area contributed by atoms with Crippen molar-refractivity contribution < 1.29 is 37.9 Å². The first kappa shape index (κ1) is 33.7. The standard InChI is InChI=1S/C32H39FN7O7P/c1-18(28(41)45-16-31(2,3)4)38-48(43)47-24-20-10-7-6-9-19(20)11-12-21(24)44-15-22-25(33)32(5,42)29(46-22)40-17-35-23-26(39-13-8-14-39)36-30(34)37-27(23)40/h6-7,9-12,17-18,22,25,29,42H,8,13-16H2,1-5H3,(H2,34,36,37)/t18-,22+,25+,29+,32+/m0/s1. The van der Waals surface area contributed by atoms with E-state index >= 15 is 4.39 Å². The van der Waals surface area contributed by atoms with E-state index in [1.54, 1.807) is 24.3 Å². The van der Waals surface area contributed by atoms with Crippen molar-refractivity contribution in [2.45, 2.75) is 71.2 Å². The van der Waals surface area contributed by atoms with E-state index in [0.29, 0.717) is 22.4 Å². The van der Waals surface area contributed by atoms with Crippen LogP contribution in [0, 0.1) is 5.41 Å². The molecule has 2 aromatic heterocycles. The van der Waals surface area contributed by atoms with Gasteiger partial charge < -0.3 is 34.8 Å². The van der Waals surface area contributed by atoms with E-state index in [1.165, 1.54) is 24.7 Å². The molecule has 6 rings (SSSR count). The maximum atomic E-state index is 15.9. The number of hydrogen-bond acceptors (Lipinski definition) is 13. The van der Waals surface area contributed by atoms with Crippen LogP contribution in [0.25, 0.3) is 21.9 Å². The van der Waals surface area contributed by atoms with Crippen LogP contribution >= 0.6 is 8.17 Å². The highest BCUT2D eigenvalue weighted by Gasteiger charge is 2.55. The Morgan fingerprint density at radius 1 is 1.27 bits per heavy atom. The Hall–Kier alpha value is -4.17. The number of nitrogens with zero attached hydrogens (tertiary/aromatic N) is 6. The minimum atomic E-state index is -2.75. The summed E-state index contributed by atoms with van der Waals surface area (Å²) in [5, 5.41) is 12.7. The van der Waals surface area contributed by atoms with Crippen LogP contribution in [-0.4, -0.2) is 80.8 Å². The number of ether oxygens (including phenoxy) is 3. The summed E-state index contributed by atoms with van der Waals surface area (Å²) in [5.41, 5.74) is 4.54. The number of esters is 1. The van der Waals surface area contributed by atoms with Crippen LogP contribution in [0.4, 0.5) is 16.2 Å². The molecule has 2 aliphatic heterocycles. The molecule has 0 amide bonds. The van der Waals surface area contributed by atoms with Crippen LogP contribution in [0.5, 0.6) is 11.5 Å². The summed E-state index contributed by atoms with van der Waals surface area (Å²) in [6.45, 7) is 10.0.